The zero-order chi connectivity index (χ0) is 16.9. The Morgan fingerprint density at radius 1 is 1.25 bits per heavy atom. The van der Waals surface area contributed by atoms with Gasteiger partial charge in [0.15, 0.2) is 0 Å². The van der Waals surface area contributed by atoms with E-state index in [4.69, 9.17) is 4.74 Å². The van der Waals surface area contributed by atoms with E-state index in [1.807, 2.05) is 30.3 Å². The smallest absolute Gasteiger partial charge is 0.326 e. The molecule has 7 nitrogen and oxygen atoms in total. The van der Waals surface area contributed by atoms with Gasteiger partial charge in [-0.1, -0.05) is 30.3 Å². The van der Waals surface area contributed by atoms with Gasteiger partial charge < -0.3 is 15.2 Å². The number of hydrazine groups is 1. The van der Waals surface area contributed by atoms with Crippen molar-refractivity contribution in [3.8, 4) is 0 Å². The van der Waals surface area contributed by atoms with Gasteiger partial charge in [-0.15, -0.1) is 0 Å². The summed E-state index contributed by atoms with van der Waals surface area (Å²) in [6.07, 6.45) is 2.15. The van der Waals surface area contributed by atoms with Crippen molar-refractivity contribution in [2.45, 2.75) is 37.4 Å². The van der Waals surface area contributed by atoms with Crippen LogP contribution in [0, 0.1) is 5.92 Å². The number of nitrogens with one attached hydrogen (secondary N) is 3. The highest BCUT2D eigenvalue weighted by Crippen LogP contribution is 2.23. The maximum atomic E-state index is 12.5. The van der Waals surface area contributed by atoms with Gasteiger partial charge in [-0.25, -0.2) is 15.6 Å². The standard InChI is InChI=1S/C17H23N3O4/c21-16(18-15(17(22)23)12-7-4-8-24-10-12)14-9-13(19-20-14)11-5-2-1-3-6-11/h1-3,5-6,12-15,19-20H,4,7-10H2,(H,18,21)(H,22,23). The normalized spacial score (nSPS) is 28.2. The highest BCUT2D eigenvalue weighted by Gasteiger charge is 2.36. The minimum absolute atomic E-state index is 0.0308. The van der Waals surface area contributed by atoms with Gasteiger partial charge in [0.25, 0.3) is 0 Å². The largest absolute Gasteiger partial charge is 0.480 e. The van der Waals surface area contributed by atoms with Crippen LogP contribution in [-0.4, -0.2) is 42.3 Å². The second kappa shape index (κ2) is 7.74. The van der Waals surface area contributed by atoms with Gasteiger partial charge in [-0.2, -0.15) is 0 Å². The fourth-order valence-corrected chi connectivity index (χ4v) is 3.30. The summed E-state index contributed by atoms with van der Waals surface area (Å²) in [5.74, 6) is -1.48. The number of aliphatic carboxylic acids is 1. The predicted molar refractivity (Wildman–Crippen MR) is 87.0 cm³/mol. The number of rotatable bonds is 5. The highest BCUT2D eigenvalue weighted by molar-refractivity contribution is 5.87. The Labute approximate surface area is 140 Å². The van der Waals surface area contributed by atoms with Gasteiger partial charge in [-0.3, -0.25) is 4.79 Å². The Hall–Kier alpha value is -1.96. The van der Waals surface area contributed by atoms with Crippen molar-refractivity contribution in [3.05, 3.63) is 35.9 Å². The maximum Gasteiger partial charge on any atom is 0.326 e. The van der Waals surface area contributed by atoms with Crippen molar-refractivity contribution in [2.75, 3.05) is 13.2 Å². The number of amides is 1. The van der Waals surface area contributed by atoms with Crippen LogP contribution in [-0.2, 0) is 14.3 Å². The highest BCUT2D eigenvalue weighted by atomic mass is 16.5. The summed E-state index contributed by atoms with van der Waals surface area (Å²) in [6, 6.07) is 8.51. The van der Waals surface area contributed by atoms with Crippen molar-refractivity contribution in [1.29, 1.82) is 0 Å². The van der Waals surface area contributed by atoms with Crippen LogP contribution < -0.4 is 16.2 Å². The lowest BCUT2D eigenvalue weighted by molar-refractivity contribution is -0.145. The zero-order valence-electron chi connectivity index (χ0n) is 13.4. The molecule has 4 N–H and O–H groups in total. The first-order valence-electron chi connectivity index (χ1n) is 8.32. The minimum Gasteiger partial charge on any atom is -0.480 e. The molecule has 130 valence electrons. The molecule has 2 heterocycles. The molecule has 0 radical (unpaired) electrons. The van der Waals surface area contributed by atoms with Gasteiger partial charge in [-0.05, 0) is 24.8 Å². The van der Waals surface area contributed by atoms with E-state index in [1.54, 1.807) is 0 Å². The molecule has 0 aromatic heterocycles. The van der Waals surface area contributed by atoms with Crippen molar-refractivity contribution in [3.63, 3.8) is 0 Å². The number of carboxylic acid groups (broad SMARTS) is 1. The lowest BCUT2D eigenvalue weighted by atomic mass is 9.93. The lowest BCUT2D eigenvalue weighted by Gasteiger charge is -2.28. The van der Waals surface area contributed by atoms with E-state index in [0.29, 0.717) is 19.6 Å². The average Bonchev–Trinajstić information content (AvgIpc) is 3.11. The zero-order valence-corrected chi connectivity index (χ0v) is 13.4. The molecule has 0 spiro atoms. The Morgan fingerprint density at radius 3 is 2.71 bits per heavy atom. The van der Waals surface area contributed by atoms with Gasteiger partial charge in [0, 0.05) is 18.6 Å². The van der Waals surface area contributed by atoms with Crippen molar-refractivity contribution < 1.29 is 19.4 Å². The predicted octanol–water partition coefficient (Wildman–Crippen LogP) is 0.590. The Bertz CT molecular complexity index is 574. The fourth-order valence-electron chi connectivity index (χ4n) is 3.30. The molecule has 1 amide bonds. The second-order valence-corrected chi connectivity index (χ2v) is 6.34. The van der Waals surface area contributed by atoms with Crippen molar-refractivity contribution in [2.24, 2.45) is 5.92 Å². The molecule has 2 aliphatic rings. The fraction of sp³-hybridized carbons (Fsp3) is 0.529. The van der Waals surface area contributed by atoms with E-state index in [9.17, 15) is 14.7 Å². The number of carbonyl (C=O) groups excluding carboxylic acids is 1. The van der Waals surface area contributed by atoms with Crippen LogP contribution in [0.25, 0.3) is 0 Å². The first-order chi connectivity index (χ1) is 11.6. The van der Waals surface area contributed by atoms with Crippen LogP contribution in [0.3, 0.4) is 0 Å². The summed E-state index contributed by atoms with van der Waals surface area (Å²) in [7, 11) is 0. The first-order valence-corrected chi connectivity index (χ1v) is 8.32. The van der Waals surface area contributed by atoms with E-state index in [2.05, 4.69) is 16.2 Å². The van der Waals surface area contributed by atoms with Crippen LogP contribution in [0.5, 0.6) is 0 Å². The maximum absolute atomic E-state index is 12.5. The van der Waals surface area contributed by atoms with Gasteiger partial charge in [0.2, 0.25) is 5.91 Å². The SMILES string of the molecule is O=C(NC(C(=O)O)C1CCCOC1)C1CC(c2ccccc2)NN1. The molecule has 2 fully saturated rings. The number of carboxylic acids is 1. The third kappa shape index (κ3) is 3.92. The molecule has 0 aliphatic carbocycles. The van der Waals surface area contributed by atoms with Crippen molar-refractivity contribution >= 4 is 11.9 Å². The molecule has 0 bridgehead atoms. The summed E-state index contributed by atoms with van der Waals surface area (Å²) in [5, 5.41) is 12.1. The summed E-state index contributed by atoms with van der Waals surface area (Å²) in [4.78, 5) is 24.0. The van der Waals surface area contributed by atoms with E-state index >= 15 is 0 Å². The molecule has 2 aliphatic heterocycles. The Balaban J connectivity index is 1.58. The van der Waals surface area contributed by atoms with E-state index < -0.39 is 18.1 Å². The molecule has 2 saturated heterocycles. The monoisotopic (exact) mass is 333 g/mol. The molecule has 0 saturated carbocycles. The molecule has 3 rings (SSSR count). The number of hydrogen-bond donors (Lipinski definition) is 4. The quantitative estimate of drug-likeness (QED) is 0.629. The van der Waals surface area contributed by atoms with Crippen LogP contribution in [0.1, 0.15) is 30.9 Å². The lowest BCUT2D eigenvalue weighted by Crippen LogP contribution is -2.53. The number of carbonyl (C=O) groups is 2. The topological polar surface area (TPSA) is 99.7 Å². The number of hydrogen-bond acceptors (Lipinski definition) is 5. The summed E-state index contributed by atoms with van der Waals surface area (Å²) >= 11 is 0. The van der Waals surface area contributed by atoms with Crippen LogP contribution >= 0.6 is 0 Å². The molecular formula is C17H23N3O4. The second-order valence-electron chi connectivity index (χ2n) is 6.34. The summed E-state index contributed by atoms with van der Waals surface area (Å²) < 4.78 is 5.35. The minimum atomic E-state index is -1.01. The molecule has 24 heavy (non-hydrogen) atoms. The Kier molecular flexibility index (Phi) is 5.44. The number of benzene rings is 1. The van der Waals surface area contributed by atoms with Crippen LogP contribution in [0.2, 0.25) is 0 Å². The van der Waals surface area contributed by atoms with E-state index in [0.717, 1.165) is 18.4 Å². The molecule has 1 aromatic rings. The first kappa shape index (κ1) is 16.9. The van der Waals surface area contributed by atoms with Crippen LogP contribution in [0.15, 0.2) is 30.3 Å². The third-order valence-corrected chi connectivity index (χ3v) is 4.65. The summed E-state index contributed by atoms with van der Waals surface area (Å²) in [6.45, 7) is 1.03. The molecular weight excluding hydrogens is 310 g/mol. The van der Waals surface area contributed by atoms with E-state index in [-0.39, 0.29) is 17.9 Å². The third-order valence-electron chi connectivity index (χ3n) is 4.65. The average molecular weight is 333 g/mol. The van der Waals surface area contributed by atoms with Crippen molar-refractivity contribution in [1.82, 2.24) is 16.2 Å². The summed E-state index contributed by atoms with van der Waals surface area (Å²) in [5.41, 5.74) is 7.16. The van der Waals surface area contributed by atoms with Crippen LogP contribution in [0.4, 0.5) is 0 Å². The van der Waals surface area contributed by atoms with Gasteiger partial charge in [0.1, 0.15) is 12.1 Å². The van der Waals surface area contributed by atoms with Gasteiger partial charge in [0.05, 0.1) is 6.61 Å². The van der Waals surface area contributed by atoms with E-state index in [1.165, 1.54) is 0 Å². The molecule has 7 heteroatoms. The Morgan fingerprint density at radius 2 is 2.04 bits per heavy atom. The number of ether oxygens (including phenoxy) is 1. The molecule has 4 atom stereocenters. The molecule has 4 unspecified atom stereocenters. The molecule has 1 aromatic carbocycles. The van der Waals surface area contributed by atoms with Gasteiger partial charge >= 0.3 is 5.97 Å².